The van der Waals surface area contributed by atoms with Crippen LogP contribution in [0, 0.1) is 16.0 Å². The van der Waals surface area contributed by atoms with Gasteiger partial charge in [0.05, 0.1) is 4.92 Å². The van der Waals surface area contributed by atoms with Crippen LogP contribution >= 0.6 is 0 Å². The molecule has 2 unspecified atom stereocenters. The van der Waals surface area contributed by atoms with Crippen LogP contribution in [0.4, 0.5) is 11.4 Å². The fraction of sp³-hybridized carbons (Fsp3) is 0.500. The van der Waals surface area contributed by atoms with Gasteiger partial charge >= 0.3 is 0 Å². The van der Waals surface area contributed by atoms with E-state index < -0.39 is 4.92 Å². The van der Waals surface area contributed by atoms with Crippen LogP contribution in [-0.2, 0) is 0 Å². The molecule has 6 nitrogen and oxygen atoms in total. The lowest BCUT2D eigenvalue weighted by Gasteiger charge is -2.14. The molecule has 1 aromatic rings. The van der Waals surface area contributed by atoms with Crippen LogP contribution < -0.4 is 10.6 Å². The van der Waals surface area contributed by atoms with Crippen LogP contribution in [0.1, 0.15) is 36.5 Å². The van der Waals surface area contributed by atoms with Gasteiger partial charge in [-0.1, -0.05) is 6.92 Å². The minimum absolute atomic E-state index is 0.0503. The minimum Gasteiger partial charge on any atom is -0.377 e. The number of nitrogens with zero attached hydrogens (tertiary/aromatic N) is 1. The molecule has 2 rings (SSSR count). The lowest BCUT2D eigenvalue weighted by molar-refractivity contribution is -0.384. The van der Waals surface area contributed by atoms with Crippen LogP contribution in [0.3, 0.4) is 0 Å². The number of hydrogen-bond acceptors (Lipinski definition) is 4. The Morgan fingerprint density at radius 3 is 2.70 bits per heavy atom. The van der Waals surface area contributed by atoms with E-state index in [1.807, 2.05) is 0 Å². The molecule has 1 fully saturated rings. The lowest BCUT2D eigenvalue weighted by atomic mass is 10.1. The quantitative estimate of drug-likeness (QED) is 0.654. The molecule has 1 aromatic carbocycles. The summed E-state index contributed by atoms with van der Waals surface area (Å²) in [6.07, 6.45) is 3.19. The predicted octanol–water partition coefficient (Wildman–Crippen LogP) is 2.55. The van der Waals surface area contributed by atoms with Gasteiger partial charge < -0.3 is 10.6 Å². The Hall–Kier alpha value is -2.11. The summed E-state index contributed by atoms with van der Waals surface area (Å²) in [7, 11) is 1.50. The third kappa shape index (κ3) is 3.07. The number of benzene rings is 1. The van der Waals surface area contributed by atoms with Gasteiger partial charge in [0.15, 0.2) is 0 Å². The zero-order valence-electron chi connectivity index (χ0n) is 11.7. The Bertz CT molecular complexity index is 530. The van der Waals surface area contributed by atoms with Crippen LogP contribution in [0.5, 0.6) is 0 Å². The van der Waals surface area contributed by atoms with Crippen molar-refractivity contribution in [3.05, 3.63) is 33.9 Å². The summed E-state index contributed by atoms with van der Waals surface area (Å²) in [6, 6.07) is 4.81. The standard InChI is InChI=1S/C14H19N3O3/c1-9-3-5-11(7-9)16-12-6-4-10(14(18)15-2)8-13(12)17(19)20/h4,6,8-9,11,16H,3,5,7H2,1-2H3,(H,15,18). The Kier molecular flexibility index (Phi) is 4.22. The van der Waals surface area contributed by atoms with E-state index >= 15 is 0 Å². The van der Waals surface area contributed by atoms with Crippen molar-refractivity contribution in [2.24, 2.45) is 5.92 Å². The molecular formula is C14H19N3O3. The molecule has 1 aliphatic rings. The Balaban J connectivity index is 2.23. The molecule has 1 saturated carbocycles. The number of nitro benzene ring substituents is 1. The maximum Gasteiger partial charge on any atom is 0.293 e. The van der Waals surface area contributed by atoms with E-state index in [0.717, 1.165) is 19.3 Å². The number of carbonyl (C=O) groups is 1. The highest BCUT2D eigenvalue weighted by Crippen LogP contribution is 2.31. The first-order chi connectivity index (χ1) is 9.51. The summed E-state index contributed by atoms with van der Waals surface area (Å²) in [5.74, 6) is 0.325. The summed E-state index contributed by atoms with van der Waals surface area (Å²) < 4.78 is 0. The van der Waals surface area contributed by atoms with Crippen molar-refractivity contribution >= 4 is 17.3 Å². The highest BCUT2D eigenvalue weighted by Gasteiger charge is 2.24. The van der Waals surface area contributed by atoms with Crippen molar-refractivity contribution in [2.75, 3.05) is 12.4 Å². The first-order valence-corrected chi connectivity index (χ1v) is 6.78. The topological polar surface area (TPSA) is 84.3 Å². The predicted molar refractivity (Wildman–Crippen MR) is 76.9 cm³/mol. The van der Waals surface area contributed by atoms with Gasteiger partial charge in [-0.15, -0.1) is 0 Å². The van der Waals surface area contributed by atoms with Crippen LogP contribution in [0.2, 0.25) is 0 Å². The first-order valence-electron chi connectivity index (χ1n) is 6.78. The molecule has 1 amide bonds. The van der Waals surface area contributed by atoms with Gasteiger partial charge in [0.1, 0.15) is 5.69 Å². The van der Waals surface area contributed by atoms with Crippen molar-refractivity contribution < 1.29 is 9.72 Å². The van der Waals surface area contributed by atoms with Crippen molar-refractivity contribution in [2.45, 2.75) is 32.2 Å². The number of hydrogen-bond donors (Lipinski definition) is 2. The van der Waals surface area contributed by atoms with Crippen LogP contribution in [0.25, 0.3) is 0 Å². The number of nitrogens with one attached hydrogen (secondary N) is 2. The first kappa shape index (κ1) is 14.3. The summed E-state index contributed by atoms with van der Waals surface area (Å²) in [5.41, 5.74) is 0.733. The van der Waals surface area contributed by atoms with Gasteiger partial charge in [0.25, 0.3) is 11.6 Å². The van der Waals surface area contributed by atoms with E-state index in [0.29, 0.717) is 17.2 Å². The van der Waals surface area contributed by atoms with E-state index in [2.05, 4.69) is 17.6 Å². The Morgan fingerprint density at radius 1 is 1.40 bits per heavy atom. The number of carbonyl (C=O) groups excluding carboxylic acids is 1. The Labute approximate surface area is 117 Å². The van der Waals surface area contributed by atoms with Gasteiger partial charge in [-0.2, -0.15) is 0 Å². The van der Waals surface area contributed by atoms with Gasteiger partial charge in [-0.25, -0.2) is 0 Å². The maximum atomic E-state index is 11.5. The molecule has 0 heterocycles. The molecule has 0 radical (unpaired) electrons. The van der Waals surface area contributed by atoms with Gasteiger partial charge in [0.2, 0.25) is 0 Å². The second-order valence-corrected chi connectivity index (χ2v) is 5.33. The molecule has 0 spiro atoms. The third-order valence-corrected chi connectivity index (χ3v) is 3.74. The summed E-state index contributed by atoms with van der Waals surface area (Å²) >= 11 is 0. The maximum absolute atomic E-state index is 11.5. The van der Waals surface area contributed by atoms with Crippen LogP contribution in [0.15, 0.2) is 18.2 Å². The number of anilines is 1. The molecule has 0 aliphatic heterocycles. The molecule has 2 atom stereocenters. The second-order valence-electron chi connectivity index (χ2n) is 5.33. The number of amides is 1. The van der Waals surface area contributed by atoms with Gasteiger partial charge in [-0.3, -0.25) is 14.9 Å². The summed E-state index contributed by atoms with van der Waals surface area (Å²) in [4.78, 5) is 22.2. The molecule has 0 saturated heterocycles. The van der Waals surface area contributed by atoms with Crippen molar-refractivity contribution in [1.29, 1.82) is 0 Å². The van der Waals surface area contributed by atoms with E-state index in [-0.39, 0.29) is 17.6 Å². The zero-order valence-corrected chi connectivity index (χ0v) is 11.7. The normalized spacial score (nSPS) is 21.5. The van der Waals surface area contributed by atoms with E-state index in [1.165, 1.54) is 13.1 Å². The number of nitro groups is 1. The molecule has 0 bridgehead atoms. The molecule has 108 valence electrons. The third-order valence-electron chi connectivity index (χ3n) is 3.74. The second kappa shape index (κ2) is 5.90. The van der Waals surface area contributed by atoms with E-state index in [4.69, 9.17) is 0 Å². The van der Waals surface area contributed by atoms with E-state index in [9.17, 15) is 14.9 Å². The number of rotatable bonds is 4. The zero-order chi connectivity index (χ0) is 14.7. The molecule has 20 heavy (non-hydrogen) atoms. The van der Waals surface area contributed by atoms with Crippen molar-refractivity contribution in [1.82, 2.24) is 5.32 Å². The minimum atomic E-state index is -0.451. The molecule has 0 aromatic heterocycles. The Morgan fingerprint density at radius 2 is 2.15 bits per heavy atom. The largest absolute Gasteiger partial charge is 0.377 e. The van der Waals surface area contributed by atoms with Gasteiger partial charge in [0, 0.05) is 24.7 Å². The SMILES string of the molecule is CNC(=O)c1ccc(NC2CCC(C)C2)c([N+](=O)[O-])c1. The van der Waals surface area contributed by atoms with E-state index in [1.54, 1.807) is 12.1 Å². The average molecular weight is 277 g/mol. The highest BCUT2D eigenvalue weighted by atomic mass is 16.6. The van der Waals surface area contributed by atoms with Crippen molar-refractivity contribution in [3.8, 4) is 0 Å². The smallest absolute Gasteiger partial charge is 0.293 e. The summed E-state index contributed by atoms with van der Waals surface area (Å²) in [6.45, 7) is 2.19. The lowest BCUT2D eigenvalue weighted by Crippen LogP contribution is -2.19. The van der Waals surface area contributed by atoms with Gasteiger partial charge in [-0.05, 0) is 37.3 Å². The molecule has 6 heteroatoms. The monoisotopic (exact) mass is 277 g/mol. The molecular weight excluding hydrogens is 258 g/mol. The van der Waals surface area contributed by atoms with Crippen LogP contribution in [-0.4, -0.2) is 23.9 Å². The molecule has 2 N–H and O–H groups in total. The summed E-state index contributed by atoms with van der Waals surface area (Å²) in [5, 5.41) is 16.9. The molecule has 1 aliphatic carbocycles. The van der Waals surface area contributed by atoms with Crippen molar-refractivity contribution in [3.63, 3.8) is 0 Å². The average Bonchev–Trinajstić information content (AvgIpc) is 2.83. The fourth-order valence-electron chi connectivity index (χ4n) is 2.65. The highest BCUT2D eigenvalue weighted by molar-refractivity contribution is 5.95. The fourth-order valence-corrected chi connectivity index (χ4v) is 2.65.